The summed E-state index contributed by atoms with van der Waals surface area (Å²) in [4.78, 5) is 21.4. The van der Waals surface area contributed by atoms with E-state index >= 15 is 0 Å². The van der Waals surface area contributed by atoms with Crippen molar-refractivity contribution in [2.24, 2.45) is 0 Å². The minimum Gasteiger partial charge on any atom is -0.369 e. The van der Waals surface area contributed by atoms with Gasteiger partial charge in [0.2, 0.25) is 5.91 Å². The number of carbonyl (C=O) groups excluding carboxylic acids is 1. The molecule has 7 nitrogen and oxygen atoms in total. The SMILES string of the molecule is Cc1cnccc1N1CCCN(C(=O)Cn2ccc(C3CCCNC3)n2)CC1. The molecular weight excluding hydrogens is 352 g/mol. The Bertz CT molecular complexity index is 798. The molecule has 2 aliphatic rings. The zero-order valence-corrected chi connectivity index (χ0v) is 16.7. The van der Waals surface area contributed by atoms with Crippen LogP contribution in [0.3, 0.4) is 0 Å². The molecule has 150 valence electrons. The molecule has 0 spiro atoms. The fourth-order valence-electron chi connectivity index (χ4n) is 4.25. The number of aryl methyl sites for hydroxylation is 1. The van der Waals surface area contributed by atoms with Crippen molar-refractivity contribution in [1.29, 1.82) is 0 Å². The molecule has 2 fully saturated rings. The fraction of sp³-hybridized carbons (Fsp3) is 0.571. The second-order valence-corrected chi connectivity index (χ2v) is 7.87. The second-order valence-electron chi connectivity index (χ2n) is 7.87. The van der Waals surface area contributed by atoms with E-state index < -0.39 is 0 Å². The van der Waals surface area contributed by atoms with Gasteiger partial charge in [0.1, 0.15) is 6.54 Å². The minimum absolute atomic E-state index is 0.157. The van der Waals surface area contributed by atoms with Crippen molar-refractivity contribution in [2.45, 2.75) is 38.6 Å². The number of nitrogens with one attached hydrogen (secondary N) is 1. The summed E-state index contributed by atoms with van der Waals surface area (Å²) in [6.07, 6.45) is 9.04. The van der Waals surface area contributed by atoms with E-state index in [1.54, 1.807) is 0 Å². The number of amides is 1. The largest absolute Gasteiger partial charge is 0.369 e. The molecule has 2 aliphatic heterocycles. The molecule has 2 saturated heterocycles. The molecule has 2 aromatic rings. The summed E-state index contributed by atoms with van der Waals surface area (Å²) in [6, 6.07) is 4.14. The molecule has 0 bridgehead atoms. The number of nitrogens with zero attached hydrogens (tertiary/aromatic N) is 5. The highest BCUT2D eigenvalue weighted by Crippen LogP contribution is 2.22. The number of carbonyl (C=O) groups is 1. The van der Waals surface area contributed by atoms with Crippen LogP contribution in [-0.2, 0) is 11.3 Å². The Morgan fingerprint density at radius 3 is 2.96 bits per heavy atom. The maximum absolute atomic E-state index is 12.8. The summed E-state index contributed by atoms with van der Waals surface area (Å²) in [5, 5.41) is 8.11. The first-order chi connectivity index (χ1) is 13.7. The molecular formula is C21H30N6O. The van der Waals surface area contributed by atoms with Crippen LogP contribution in [0.25, 0.3) is 0 Å². The van der Waals surface area contributed by atoms with Crippen LogP contribution in [0.5, 0.6) is 0 Å². The standard InChI is InChI=1S/C21H30N6O/c1-17-14-23-8-5-20(17)25-9-3-10-26(13-12-25)21(28)16-27-11-6-19(24-27)18-4-2-7-22-15-18/h5-6,8,11,14,18,22H,2-4,7,9-10,12-13,15-16H2,1H3. The van der Waals surface area contributed by atoms with Crippen molar-refractivity contribution >= 4 is 11.6 Å². The van der Waals surface area contributed by atoms with Crippen molar-refractivity contribution in [1.82, 2.24) is 25.0 Å². The van der Waals surface area contributed by atoms with Gasteiger partial charge in [-0.1, -0.05) is 0 Å². The Kier molecular flexibility index (Phi) is 5.90. The highest BCUT2D eigenvalue weighted by atomic mass is 16.2. The molecule has 1 atom stereocenters. The van der Waals surface area contributed by atoms with Crippen LogP contribution in [-0.4, -0.2) is 64.8 Å². The van der Waals surface area contributed by atoms with E-state index in [1.165, 1.54) is 24.1 Å². The molecule has 0 aromatic carbocycles. The highest BCUT2D eigenvalue weighted by Gasteiger charge is 2.22. The summed E-state index contributed by atoms with van der Waals surface area (Å²) in [6.45, 7) is 7.88. The molecule has 4 rings (SSSR count). The lowest BCUT2D eigenvalue weighted by molar-refractivity contribution is -0.131. The van der Waals surface area contributed by atoms with Crippen LogP contribution >= 0.6 is 0 Å². The number of pyridine rings is 1. The van der Waals surface area contributed by atoms with Gasteiger partial charge in [-0.3, -0.25) is 14.5 Å². The van der Waals surface area contributed by atoms with Gasteiger partial charge in [-0.15, -0.1) is 0 Å². The normalized spacial score (nSPS) is 20.8. The molecule has 2 aromatic heterocycles. The molecule has 1 amide bonds. The lowest BCUT2D eigenvalue weighted by Gasteiger charge is -2.25. The van der Waals surface area contributed by atoms with Gasteiger partial charge in [-0.25, -0.2) is 0 Å². The summed E-state index contributed by atoms with van der Waals surface area (Å²) in [5.41, 5.74) is 3.51. The quantitative estimate of drug-likeness (QED) is 0.873. The van der Waals surface area contributed by atoms with E-state index in [9.17, 15) is 4.79 Å². The summed E-state index contributed by atoms with van der Waals surface area (Å²) in [7, 11) is 0. The smallest absolute Gasteiger partial charge is 0.244 e. The zero-order chi connectivity index (χ0) is 19.3. The van der Waals surface area contributed by atoms with E-state index in [1.807, 2.05) is 28.2 Å². The molecule has 0 aliphatic carbocycles. The summed E-state index contributed by atoms with van der Waals surface area (Å²) in [5.74, 6) is 0.630. The third kappa shape index (κ3) is 4.35. The third-order valence-corrected chi connectivity index (χ3v) is 5.85. The summed E-state index contributed by atoms with van der Waals surface area (Å²) >= 11 is 0. The first-order valence-corrected chi connectivity index (χ1v) is 10.4. The minimum atomic E-state index is 0.157. The number of hydrogen-bond donors (Lipinski definition) is 1. The Morgan fingerprint density at radius 2 is 2.14 bits per heavy atom. The molecule has 1 N–H and O–H groups in total. The summed E-state index contributed by atoms with van der Waals surface area (Å²) < 4.78 is 1.81. The van der Waals surface area contributed by atoms with Gasteiger partial charge >= 0.3 is 0 Å². The number of piperidine rings is 1. The van der Waals surface area contributed by atoms with Crippen LogP contribution in [0.4, 0.5) is 5.69 Å². The van der Waals surface area contributed by atoms with Crippen molar-refractivity contribution in [3.05, 3.63) is 42.0 Å². The van der Waals surface area contributed by atoms with Crippen molar-refractivity contribution < 1.29 is 4.79 Å². The molecule has 1 unspecified atom stereocenters. The average molecular weight is 383 g/mol. The lowest BCUT2D eigenvalue weighted by Crippen LogP contribution is -2.37. The zero-order valence-electron chi connectivity index (χ0n) is 16.7. The van der Waals surface area contributed by atoms with Gasteiger partial charge < -0.3 is 15.1 Å². The Balaban J connectivity index is 1.34. The maximum atomic E-state index is 12.8. The van der Waals surface area contributed by atoms with E-state index in [4.69, 9.17) is 0 Å². The van der Waals surface area contributed by atoms with Crippen molar-refractivity contribution in [3.8, 4) is 0 Å². The molecule has 0 radical (unpaired) electrons. The van der Waals surface area contributed by atoms with Crippen LogP contribution in [0, 0.1) is 6.92 Å². The molecule has 4 heterocycles. The van der Waals surface area contributed by atoms with Gasteiger partial charge in [0.25, 0.3) is 0 Å². The topological polar surface area (TPSA) is 66.3 Å². The van der Waals surface area contributed by atoms with Crippen LogP contribution in [0.2, 0.25) is 0 Å². The Labute approximate surface area is 166 Å². The van der Waals surface area contributed by atoms with Crippen molar-refractivity contribution in [2.75, 3.05) is 44.2 Å². The highest BCUT2D eigenvalue weighted by molar-refractivity contribution is 5.76. The van der Waals surface area contributed by atoms with Crippen molar-refractivity contribution in [3.63, 3.8) is 0 Å². The Morgan fingerprint density at radius 1 is 1.21 bits per heavy atom. The van der Waals surface area contributed by atoms with Gasteiger partial charge in [0.05, 0.1) is 5.69 Å². The fourth-order valence-corrected chi connectivity index (χ4v) is 4.25. The van der Waals surface area contributed by atoms with Crippen LogP contribution < -0.4 is 10.2 Å². The van der Waals surface area contributed by atoms with Gasteiger partial charge in [0.15, 0.2) is 0 Å². The van der Waals surface area contributed by atoms with Crippen LogP contribution in [0.1, 0.15) is 36.4 Å². The second kappa shape index (κ2) is 8.73. The first-order valence-electron chi connectivity index (χ1n) is 10.4. The average Bonchev–Trinajstić information content (AvgIpc) is 3.04. The maximum Gasteiger partial charge on any atom is 0.244 e. The third-order valence-electron chi connectivity index (χ3n) is 5.85. The van der Waals surface area contributed by atoms with E-state index in [0.717, 1.165) is 51.4 Å². The predicted octanol–water partition coefficient (Wildman–Crippen LogP) is 1.79. The van der Waals surface area contributed by atoms with Gasteiger partial charge in [-0.05, 0) is 50.4 Å². The number of hydrogen-bond acceptors (Lipinski definition) is 5. The monoisotopic (exact) mass is 382 g/mol. The van der Waals surface area contributed by atoms with Gasteiger partial charge in [0, 0.05) is 62.9 Å². The van der Waals surface area contributed by atoms with E-state index in [2.05, 4.69) is 39.4 Å². The first kappa shape index (κ1) is 18.9. The number of anilines is 1. The Hall–Kier alpha value is -2.41. The predicted molar refractivity (Wildman–Crippen MR) is 109 cm³/mol. The van der Waals surface area contributed by atoms with Crippen LogP contribution in [0.15, 0.2) is 30.7 Å². The number of rotatable bonds is 4. The molecule has 0 saturated carbocycles. The lowest BCUT2D eigenvalue weighted by atomic mass is 9.97. The van der Waals surface area contributed by atoms with E-state index in [0.29, 0.717) is 12.5 Å². The molecule has 28 heavy (non-hydrogen) atoms. The molecule has 7 heteroatoms. The van der Waals surface area contributed by atoms with Gasteiger partial charge in [-0.2, -0.15) is 5.10 Å². The number of aromatic nitrogens is 3. The van der Waals surface area contributed by atoms with E-state index in [-0.39, 0.29) is 5.91 Å².